The molecule has 142 valence electrons. The van der Waals surface area contributed by atoms with Gasteiger partial charge in [-0.25, -0.2) is 14.6 Å². The summed E-state index contributed by atoms with van der Waals surface area (Å²) < 4.78 is 1.69. The molecule has 2 aromatic heterocycles. The highest BCUT2D eigenvalue weighted by atomic mass is 16.2. The van der Waals surface area contributed by atoms with Crippen LogP contribution in [0.15, 0.2) is 30.3 Å². The number of aromatic nitrogens is 4. The molecule has 0 N–H and O–H groups in total. The molecule has 0 spiro atoms. The molecule has 3 rings (SSSR count). The molecule has 0 aliphatic rings. The van der Waals surface area contributed by atoms with Gasteiger partial charge in [0, 0.05) is 35.4 Å². The Morgan fingerprint density at radius 1 is 1.14 bits per heavy atom. The molecule has 3 aromatic rings. The van der Waals surface area contributed by atoms with E-state index in [0.717, 1.165) is 28.3 Å². The van der Waals surface area contributed by atoms with Gasteiger partial charge in [0.05, 0.1) is 23.7 Å². The van der Waals surface area contributed by atoms with Gasteiger partial charge in [-0.2, -0.15) is 10.4 Å². The third kappa shape index (κ3) is 3.76. The zero-order valence-corrected chi connectivity index (χ0v) is 16.7. The van der Waals surface area contributed by atoms with E-state index in [0.29, 0.717) is 17.2 Å². The topological polar surface area (TPSA) is 87.7 Å². The van der Waals surface area contributed by atoms with Crippen LogP contribution < -0.4 is 4.90 Å². The van der Waals surface area contributed by atoms with Gasteiger partial charge in [0.1, 0.15) is 0 Å². The highest BCUT2D eigenvalue weighted by Gasteiger charge is 2.20. The number of anilines is 1. The van der Waals surface area contributed by atoms with E-state index < -0.39 is 0 Å². The Kier molecular flexibility index (Phi) is 5.23. The van der Waals surface area contributed by atoms with E-state index in [4.69, 9.17) is 5.26 Å². The van der Waals surface area contributed by atoms with Gasteiger partial charge in [0.2, 0.25) is 5.91 Å². The number of likely N-dealkylation sites (N-methyl/N-ethyl adjacent to an activating group) is 1. The monoisotopic (exact) mass is 374 g/mol. The Hall–Kier alpha value is -3.53. The van der Waals surface area contributed by atoms with Crippen molar-refractivity contribution in [2.75, 3.05) is 11.9 Å². The zero-order chi connectivity index (χ0) is 20.4. The van der Waals surface area contributed by atoms with Crippen molar-refractivity contribution >= 4 is 11.6 Å². The van der Waals surface area contributed by atoms with Gasteiger partial charge in [0.15, 0.2) is 0 Å². The number of hydrogen-bond acceptors (Lipinski definition) is 5. The Morgan fingerprint density at radius 2 is 1.82 bits per heavy atom. The molecule has 0 saturated carbocycles. The van der Waals surface area contributed by atoms with E-state index in [1.165, 1.54) is 0 Å². The molecule has 0 aliphatic heterocycles. The highest BCUT2D eigenvalue weighted by molar-refractivity contribution is 5.94. The maximum absolute atomic E-state index is 12.8. The first-order valence-electron chi connectivity index (χ1n) is 8.94. The predicted octanol–water partition coefficient (Wildman–Crippen LogP) is 2.97. The number of aryl methyl sites for hydroxylation is 3. The van der Waals surface area contributed by atoms with Gasteiger partial charge in [-0.3, -0.25) is 4.79 Å². The van der Waals surface area contributed by atoms with E-state index >= 15 is 0 Å². The largest absolute Gasteiger partial charge is 0.315 e. The number of hydrogen-bond donors (Lipinski definition) is 0. The van der Waals surface area contributed by atoms with Crippen LogP contribution in [0.3, 0.4) is 0 Å². The first kappa shape index (κ1) is 19.2. The van der Waals surface area contributed by atoms with Crippen LogP contribution in [0.25, 0.3) is 5.95 Å². The summed E-state index contributed by atoms with van der Waals surface area (Å²) in [6.45, 7) is 7.63. The second kappa shape index (κ2) is 7.61. The van der Waals surface area contributed by atoms with Gasteiger partial charge >= 0.3 is 0 Å². The number of benzene rings is 1. The van der Waals surface area contributed by atoms with Crippen molar-refractivity contribution in [3.05, 3.63) is 64.2 Å². The lowest BCUT2D eigenvalue weighted by molar-refractivity contribution is -0.117. The molecule has 0 saturated heterocycles. The van der Waals surface area contributed by atoms with E-state index in [1.807, 2.05) is 39.8 Å². The molecule has 28 heavy (non-hydrogen) atoms. The standard InChI is InChI=1S/C21H22N6O/c1-13-9-14(2)24-21(23-13)27-16(4)19(15(3)25-27)11-20(28)26(5)18-8-6-7-17(10-18)12-22/h6-10H,11H2,1-5H3. The van der Waals surface area contributed by atoms with Crippen LogP contribution >= 0.6 is 0 Å². The fourth-order valence-corrected chi connectivity index (χ4v) is 3.13. The van der Waals surface area contributed by atoms with Gasteiger partial charge in [-0.15, -0.1) is 0 Å². The summed E-state index contributed by atoms with van der Waals surface area (Å²) >= 11 is 0. The number of amides is 1. The third-order valence-corrected chi connectivity index (χ3v) is 4.67. The maximum Gasteiger partial charge on any atom is 0.251 e. The molecule has 0 unspecified atom stereocenters. The molecule has 0 bridgehead atoms. The summed E-state index contributed by atoms with van der Waals surface area (Å²) in [5, 5.41) is 13.6. The molecule has 7 nitrogen and oxygen atoms in total. The van der Waals surface area contributed by atoms with Gasteiger partial charge in [0.25, 0.3) is 5.95 Å². The number of rotatable bonds is 4. The normalized spacial score (nSPS) is 10.6. The Bertz CT molecular complexity index is 1070. The average molecular weight is 374 g/mol. The zero-order valence-electron chi connectivity index (χ0n) is 16.7. The first-order chi connectivity index (χ1) is 13.3. The lowest BCUT2D eigenvalue weighted by Crippen LogP contribution is -2.28. The predicted molar refractivity (Wildman–Crippen MR) is 106 cm³/mol. The summed E-state index contributed by atoms with van der Waals surface area (Å²) in [6, 6.07) is 11.0. The van der Waals surface area contributed by atoms with Crippen LogP contribution in [0, 0.1) is 39.0 Å². The fourth-order valence-electron chi connectivity index (χ4n) is 3.13. The third-order valence-electron chi connectivity index (χ3n) is 4.67. The van der Waals surface area contributed by atoms with Gasteiger partial charge in [-0.1, -0.05) is 6.07 Å². The van der Waals surface area contributed by atoms with E-state index in [9.17, 15) is 4.79 Å². The molecule has 0 radical (unpaired) electrons. The number of carbonyl (C=O) groups excluding carboxylic acids is 1. The molecule has 1 amide bonds. The molecular weight excluding hydrogens is 352 g/mol. The van der Waals surface area contributed by atoms with E-state index in [2.05, 4.69) is 21.1 Å². The Labute approximate surface area is 164 Å². The molecule has 0 fully saturated rings. The van der Waals surface area contributed by atoms with Crippen molar-refractivity contribution in [2.45, 2.75) is 34.1 Å². The van der Waals surface area contributed by atoms with Gasteiger partial charge in [-0.05, 0) is 52.0 Å². The van der Waals surface area contributed by atoms with Crippen LogP contribution in [0.5, 0.6) is 0 Å². The molecule has 0 aliphatic carbocycles. The summed E-state index contributed by atoms with van der Waals surface area (Å²) in [5.41, 5.74) is 5.40. The van der Waals surface area contributed by atoms with Crippen LogP contribution in [-0.2, 0) is 11.2 Å². The van der Waals surface area contributed by atoms with Crippen LogP contribution in [0.2, 0.25) is 0 Å². The SMILES string of the molecule is Cc1cc(C)nc(-n2nc(C)c(CC(=O)N(C)c3cccc(C#N)c3)c2C)n1. The second-order valence-electron chi connectivity index (χ2n) is 6.80. The molecular formula is C21H22N6O. The van der Waals surface area contributed by atoms with Crippen LogP contribution in [-0.4, -0.2) is 32.7 Å². The molecule has 0 atom stereocenters. The minimum atomic E-state index is -0.0813. The first-order valence-corrected chi connectivity index (χ1v) is 8.94. The van der Waals surface area contributed by atoms with Crippen molar-refractivity contribution in [1.29, 1.82) is 5.26 Å². The van der Waals surface area contributed by atoms with E-state index in [-0.39, 0.29) is 12.3 Å². The average Bonchev–Trinajstić information content (AvgIpc) is 2.95. The molecule has 1 aromatic carbocycles. The highest BCUT2D eigenvalue weighted by Crippen LogP contribution is 2.20. The Morgan fingerprint density at radius 3 is 2.46 bits per heavy atom. The lowest BCUT2D eigenvalue weighted by atomic mass is 10.1. The fraction of sp³-hybridized carbons (Fsp3) is 0.286. The minimum Gasteiger partial charge on any atom is -0.315 e. The van der Waals surface area contributed by atoms with Crippen molar-refractivity contribution < 1.29 is 4.79 Å². The van der Waals surface area contributed by atoms with Crippen molar-refractivity contribution in [1.82, 2.24) is 19.7 Å². The van der Waals surface area contributed by atoms with Crippen molar-refractivity contribution in [2.24, 2.45) is 0 Å². The smallest absolute Gasteiger partial charge is 0.251 e. The summed E-state index contributed by atoms with van der Waals surface area (Å²) in [4.78, 5) is 23.3. The quantitative estimate of drug-likeness (QED) is 0.700. The number of carbonyl (C=O) groups is 1. The summed E-state index contributed by atoms with van der Waals surface area (Å²) in [6.07, 6.45) is 0.204. The summed E-state index contributed by atoms with van der Waals surface area (Å²) in [7, 11) is 1.71. The lowest BCUT2D eigenvalue weighted by Gasteiger charge is -2.17. The van der Waals surface area contributed by atoms with Crippen LogP contribution in [0.4, 0.5) is 5.69 Å². The van der Waals surface area contributed by atoms with Crippen molar-refractivity contribution in [3.63, 3.8) is 0 Å². The molecule has 2 heterocycles. The maximum atomic E-state index is 12.8. The summed E-state index contributed by atoms with van der Waals surface area (Å²) in [5.74, 6) is 0.425. The van der Waals surface area contributed by atoms with Crippen molar-refractivity contribution in [3.8, 4) is 12.0 Å². The van der Waals surface area contributed by atoms with E-state index in [1.54, 1.807) is 34.8 Å². The second-order valence-corrected chi connectivity index (χ2v) is 6.80. The van der Waals surface area contributed by atoms with Crippen LogP contribution in [0.1, 0.15) is 33.9 Å². The minimum absolute atomic E-state index is 0.0813. The van der Waals surface area contributed by atoms with Gasteiger partial charge < -0.3 is 4.90 Å². The molecule has 7 heteroatoms. The number of nitrogens with zero attached hydrogens (tertiary/aromatic N) is 6. The Balaban J connectivity index is 1.89. The number of nitriles is 1.